The van der Waals surface area contributed by atoms with Crippen LogP contribution in [0.3, 0.4) is 0 Å². The lowest BCUT2D eigenvalue weighted by Crippen LogP contribution is -2.54. The van der Waals surface area contributed by atoms with Crippen LogP contribution >= 0.6 is 11.6 Å². The number of alkyl halides is 3. The molecule has 2 N–H and O–H groups in total. The van der Waals surface area contributed by atoms with Gasteiger partial charge in [0.25, 0.3) is 11.5 Å². The van der Waals surface area contributed by atoms with E-state index in [9.17, 15) is 27.6 Å². The Bertz CT molecular complexity index is 1250. The molecule has 0 bridgehead atoms. The number of hydrogen-bond donors (Lipinski definition) is 2. The highest BCUT2D eigenvalue weighted by molar-refractivity contribution is 6.30. The van der Waals surface area contributed by atoms with E-state index in [0.717, 1.165) is 11.0 Å². The molecule has 0 radical (unpaired) electrons. The van der Waals surface area contributed by atoms with Crippen molar-refractivity contribution in [1.82, 2.24) is 5.32 Å². The van der Waals surface area contributed by atoms with E-state index in [1.54, 1.807) is 0 Å². The molecule has 1 atom stereocenters. The standard InChI is InChI=1S/C24H18ClF3N2O5/c25-17-7-8-19-18(13-17)23(24(26,27)28,10-9-14-1-2-14)35-22(34)30(19)12-11-29-20(31)15-3-5-16(6-4-15)21(32)33/h3-8,13-14H,1-2,11-12H2,(H,29,31)(H,32,33). The normalized spacial score (nSPS) is 19.2. The minimum absolute atomic E-state index is 0.00538. The van der Waals surface area contributed by atoms with Gasteiger partial charge in [0.15, 0.2) is 0 Å². The Morgan fingerprint density at radius 2 is 1.83 bits per heavy atom. The number of carboxylic acid groups (broad SMARTS) is 1. The zero-order chi connectivity index (χ0) is 25.4. The zero-order valence-electron chi connectivity index (χ0n) is 18.0. The lowest BCUT2D eigenvalue weighted by Gasteiger charge is -2.40. The highest BCUT2D eigenvalue weighted by Crippen LogP contribution is 2.49. The summed E-state index contributed by atoms with van der Waals surface area (Å²) in [7, 11) is 0. The van der Waals surface area contributed by atoms with Gasteiger partial charge < -0.3 is 15.2 Å². The van der Waals surface area contributed by atoms with Crippen LogP contribution in [0.15, 0.2) is 42.5 Å². The third-order valence-electron chi connectivity index (χ3n) is 5.53. The lowest BCUT2D eigenvalue weighted by atomic mass is 9.89. The molecule has 2 amide bonds. The molecule has 35 heavy (non-hydrogen) atoms. The fraction of sp³-hybridized carbons (Fsp3) is 0.292. The number of nitrogens with one attached hydrogen (secondary N) is 1. The van der Waals surface area contributed by atoms with Crippen LogP contribution in [0.1, 0.15) is 39.1 Å². The molecule has 0 saturated heterocycles. The van der Waals surface area contributed by atoms with Gasteiger partial charge in [-0.3, -0.25) is 9.69 Å². The second-order valence-electron chi connectivity index (χ2n) is 8.04. The summed E-state index contributed by atoms with van der Waals surface area (Å²) < 4.78 is 47.8. The average molecular weight is 507 g/mol. The number of carbonyl (C=O) groups excluding carboxylic acids is 2. The van der Waals surface area contributed by atoms with Gasteiger partial charge in [-0.25, -0.2) is 9.59 Å². The molecule has 2 aromatic carbocycles. The largest absolute Gasteiger partial charge is 0.478 e. The maximum absolute atomic E-state index is 14.3. The van der Waals surface area contributed by atoms with Crippen molar-refractivity contribution in [2.45, 2.75) is 24.6 Å². The number of rotatable bonds is 5. The number of amides is 2. The summed E-state index contributed by atoms with van der Waals surface area (Å²) in [5, 5.41) is 11.5. The Hall–Kier alpha value is -3.71. The van der Waals surface area contributed by atoms with Crippen LogP contribution in [0.5, 0.6) is 0 Å². The molecule has 1 fully saturated rings. The van der Waals surface area contributed by atoms with Crippen LogP contribution in [-0.4, -0.2) is 42.3 Å². The van der Waals surface area contributed by atoms with E-state index in [4.69, 9.17) is 21.4 Å². The molecular weight excluding hydrogens is 489 g/mol. The number of halogens is 4. The first-order chi connectivity index (χ1) is 16.5. The Labute approximate surface area is 202 Å². The highest BCUT2D eigenvalue weighted by atomic mass is 35.5. The van der Waals surface area contributed by atoms with Gasteiger partial charge in [0.2, 0.25) is 0 Å². The van der Waals surface area contributed by atoms with Crippen molar-refractivity contribution in [2.24, 2.45) is 5.92 Å². The van der Waals surface area contributed by atoms with Gasteiger partial charge >= 0.3 is 18.2 Å². The van der Waals surface area contributed by atoms with Crippen LogP contribution in [0.4, 0.5) is 23.7 Å². The van der Waals surface area contributed by atoms with E-state index in [1.807, 2.05) is 0 Å². The third-order valence-corrected chi connectivity index (χ3v) is 5.77. The molecular formula is C24H18ClF3N2O5. The molecule has 0 aromatic heterocycles. The Balaban J connectivity index is 1.56. The van der Waals surface area contributed by atoms with Crippen molar-refractivity contribution in [3.05, 3.63) is 64.2 Å². The fourth-order valence-electron chi connectivity index (χ4n) is 3.53. The van der Waals surface area contributed by atoms with Gasteiger partial charge in [0.05, 0.1) is 11.3 Å². The first-order valence-electron chi connectivity index (χ1n) is 10.5. The topological polar surface area (TPSA) is 95.9 Å². The number of aromatic carboxylic acids is 1. The molecule has 1 heterocycles. The number of carbonyl (C=O) groups is 3. The molecule has 182 valence electrons. The second kappa shape index (κ2) is 9.15. The predicted octanol–water partition coefficient (Wildman–Crippen LogP) is 4.60. The van der Waals surface area contributed by atoms with Crippen molar-refractivity contribution in [3.63, 3.8) is 0 Å². The summed E-state index contributed by atoms with van der Waals surface area (Å²) >= 11 is 5.99. The maximum atomic E-state index is 14.3. The number of nitrogens with zero attached hydrogens (tertiary/aromatic N) is 1. The Morgan fingerprint density at radius 1 is 1.17 bits per heavy atom. The SMILES string of the molecule is O=C(O)c1ccc(C(=O)NCCN2C(=O)OC(C#CC3CC3)(C(F)(F)F)c3cc(Cl)ccc32)cc1. The Kier molecular flexibility index (Phi) is 6.38. The summed E-state index contributed by atoms with van der Waals surface area (Å²) in [6.45, 7) is -0.320. The van der Waals surface area contributed by atoms with Gasteiger partial charge in [-0.1, -0.05) is 17.5 Å². The van der Waals surface area contributed by atoms with E-state index >= 15 is 0 Å². The highest BCUT2D eigenvalue weighted by Gasteiger charge is 2.63. The number of cyclic esters (lactones) is 1. The van der Waals surface area contributed by atoms with Gasteiger partial charge in [0, 0.05) is 35.2 Å². The van der Waals surface area contributed by atoms with Crippen molar-refractivity contribution in [1.29, 1.82) is 0 Å². The fourth-order valence-corrected chi connectivity index (χ4v) is 3.70. The molecule has 2 aliphatic rings. The van der Waals surface area contributed by atoms with Crippen LogP contribution in [-0.2, 0) is 10.3 Å². The number of ether oxygens (including phenoxy) is 1. The van der Waals surface area contributed by atoms with Crippen molar-refractivity contribution in [3.8, 4) is 11.8 Å². The lowest BCUT2D eigenvalue weighted by molar-refractivity contribution is -0.240. The van der Waals surface area contributed by atoms with Crippen LogP contribution < -0.4 is 10.2 Å². The number of hydrogen-bond acceptors (Lipinski definition) is 4. The second-order valence-corrected chi connectivity index (χ2v) is 8.48. The van der Waals surface area contributed by atoms with Gasteiger partial charge in [0.1, 0.15) is 0 Å². The molecule has 7 nitrogen and oxygen atoms in total. The number of benzene rings is 2. The van der Waals surface area contributed by atoms with Crippen molar-refractivity contribution in [2.75, 3.05) is 18.0 Å². The molecule has 1 aliphatic carbocycles. The molecule has 1 saturated carbocycles. The average Bonchev–Trinajstić information content (AvgIpc) is 3.63. The maximum Gasteiger partial charge on any atom is 0.445 e. The Morgan fingerprint density at radius 3 is 2.43 bits per heavy atom. The molecule has 0 spiro atoms. The summed E-state index contributed by atoms with van der Waals surface area (Å²) in [6, 6.07) is 8.88. The number of carboxylic acids is 1. The monoisotopic (exact) mass is 506 g/mol. The first kappa shape index (κ1) is 24.4. The van der Waals surface area contributed by atoms with E-state index in [2.05, 4.69) is 17.2 Å². The minimum Gasteiger partial charge on any atom is -0.478 e. The predicted molar refractivity (Wildman–Crippen MR) is 119 cm³/mol. The summed E-state index contributed by atoms with van der Waals surface area (Å²) in [5.74, 6) is 2.85. The number of anilines is 1. The van der Waals surface area contributed by atoms with Gasteiger partial charge in [-0.15, -0.1) is 0 Å². The van der Waals surface area contributed by atoms with Crippen molar-refractivity contribution >= 4 is 35.3 Å². The zero-order valence-corrected chi connectivity index (χ0v) is 18.7. The van der Waals surface area contributed by atoms with E-state index in [1.165, 1.54) is 36.4 Å². The third kappa shape index (κ3) is 4.91. The summed E-state index contributed by atoms with van der Waals surface area (Å²) in [6.07, 6.45) is -4.92. The van der Waals surface area contributed by atoms with Crippen LogP contribution in [0.25, 0.3) is 0 Å². The van der Waals surface area contributed by atoms with E-state index in [-0.39, 0.29) is 40.8 Å². The molecule has 4 rings (SSSR count). The van der Waals surface area contributed by atoms with Gasteiger partial charge in [-0.05, 0) is 61.2 Å². The molecule has 1 unspecified atom stereocenters. The molecule has 1 aliphatic heterocycles. The van der Waals surface area contributed by atoms with Crippen LogP contribution in [0, 0.1) is 17.8 Å². The van der Waals surface area contributed by atoms with Crippen LogP contribution in [0.2, 0.25) is 5.02 Å². The smallest absolute Gasteiger partial charge is 0.445 e. The van der Waals surface area contributed by atoms with Crippen molar-refractivity contribution < 1.29 is 37.4 Å². The minimum atomic E-state index is -5.02. The summed E-state index contributed by atoms with van der Waals surface area (Å²) in [4.78, 5) is 37.0. The molecule has 11 heteroatoms. The first-order valence-corrected chi connectivity index (χ1v) is 10.9. The quantitative estimate of drug-likeness (QED) is 0.578. The summed E-state index contributed by atoms with van der Waals surface area (Å²) in [5.41, 5.74) is -3.45. The van der Waals surface area contributed by atoms with E-state index < -0.39 is 35.3 Å². The van der Waals surface area contributed by atoms with E-state index in [0.29, 0.717) is 12.8 Å². The number of fused-ring (bicyclic) bond motifs is 1. The van der Waals surface area contributed by atoms with Gasteiger partial charge in [-0.2, -0.15) is 13.2 Å². The molecule has 2 aromatic rings.